The number of phenols is 1. The number of carboxylic acids is 1. The number of hydrogen-bond donors (Lipinski definition) is 2. The van der Waals surface area contributed by atoms with Crippen LogP contribution in [0.3, 0.4) is 0 Å². The van der Waals surface area contributed by atoms with Crippen LogP contribution in [0.2, 0.25) is 0 Å². The van der Waals surface area contributed by atoms with Crippen molar-refractivity contribution in [3.05, 3.63) is 53.8 Å². The molecule has 19 heavy (non-hydrogen) atoms. The highest BCUT2D eigenvalue weighted by atomic mass is 19.1. The molecule has 98 valence electrons. The maximum atomic E-state index is 14.0. The van der Waals surface area contributed by atoms with Crippen molar-refractivity contribution in [2.45, 2.75) is 12.8 Å². The fourth-order valence-corrected chi connectivity index (χ4v) is 1.84. The molecule has 0 aromatic heterocycles. The zero-order valence-electron chi connectivity index (χ0n) is 10.1. The number of phenolic OH excluding ortho intramolecular Hbond substituents is 1. The number of aryl methyl sites for hydroxylation is 1. The first kappa shape index (κ1) is 13.1. The van der Waals surface area contributed by atoms with E-state index >= 15 is 0 Å². The van der Waals surface area contributed by atoms with Gasteiger partial charge in [0.2, 0.25) is 0 Å². The lowest BCUT2D eigenvalue weighted by Crippen LogP contribution is -1.98. The Morgan fingerprint density at radius 1 is 1.11 bits per heavy atom. The Morgan fingerprint density at radius 3 is 2.37 bits per heavy atom. The Balaban J connectivity index is 2.24. The minimum Gasteiger partial charge on any atom is -0.508 e. The third-order valence-corrected chi connectivity index (χ3v) is 2.84. The van der Waals surface area contributed by atoms with Crippen molar-refractivity contribution in [3.8, 4) is 16.9 Å². The van der Waals surface area contributed by atoms with E-state index in [0.29, 0.717) is 23.1 Å². The van der Waals surface area contributed by atoms with E-state index in [1.807, 2.05) is 0 Å². The van der Waals surface area contributed by atoms with Crippen LogP contribution in [0, 0.1) is 5.82 Å². The van der Waals surface area contributed by atoms with Crippen LogP contribution in [0.25, 0.3) is 11.1 Å². The highest BCUT2D eigenvalue weighted by Crippen LogP contribution is 2.25. The number of carboxylic acid groups (broad SMARTS) is 1. The van der Waals surface area contributed by atoms with E-state index in [2.05, 4.69) is 0 Å². The van der Waals surface area contributed by atoms with Gasteiger partial charge in [-0.15, -0.1) is 0 Å². The number of aromatic hydroxyl groups is 1. The molecule has 0 amide bonds. The smallest absolute Gasteiger partial charge is 0.303 e. The molecule has 2 N–H and O–H groups in total. The molecule has 3 nitrogen and oxygen atoms in total. The summed E-state index contributed by atoms with van der Waals surface area (Å²) in [6.45, 7) is 0. The highest BCUT2D eigenvalue weighted by molar-refractivity contribution is 5.68. The molecule has 4 heteroatoms. The van der Waals surface area contributed by atoms with Crippen LogP contribution < -0.4 is 0 Å². The second-order valence-corrected chi connectivity index (χ2v) is 4.25. The lowest BCUT2D eigenvalue weighted by molar-refractivity contribution is -0.136. The summed E-state index contributed by atoms with van der Waals surface area (Å²) in [6.07, 6.45) is 0.292. The minimum absolute atomic E-state index is 0.0159. The van der Waals surface area contributed by atoms with Gasteiger partial charge in [0, 0.05) is 12.0 Å². The molecule has 0 bridgehead atoms. The molecule has 2 rings (SSSR count). The van der Waals surface area contributed by atoms with Crippen LogP contribution in [0.1, 0.15) is 12.0 Å². The Hall–Kier alpha value is -2.36. The van der Waals surface area contributed by atoms with Gasteiger partial charge in [0.15, 0.2) is 0 Å². The molecule has 2 aromatic carbocycles. The first-order chi connectivity index (χ1) is 9.06. The van der Waals surface area contributed by atoms with Crippen LogP contribution in [0.15, 0.2) is 42.5 Å². The Kier molecular flexibility index (Phi) is 3.80. The third kappa shape index (κ3) is 3.31. The summed E-state index contributed by atoms with van der Waals surface area (Å²) in [4.78, 5) is 10.5. The van der Waals surface area contributed by atoms with Crippen molar-refractivity contribution in [3.63, 3.8) is 0 Å². The molecule has 0 aliphatic carbocycles. The summed E-state index contributed by atoms with van der Waals surface area (Å²) in [5.41, 5.74) is 1.75. The molecule has 0 spiro atoms. The van der Waals surface area contributed by atoms with E-state index in [0.717, 1.165) is 0 Å². The molecule has 2 aromatic rings. The predicted molar refractivity (Wildman–Crippen MR) is 69.5 cm³/mol. The summed E-state index contributed by atoms with van der Waals surface area (Å²) in [7, 11) is 0. The maximum absolute atomic E-state index is 14.0. The average molecular weight is 260 g/mol. The summed E-state index contributed by atoms with van der Waals surface area (Å²) in [5, 5.41) is 17.8. The van der Waals surface area contributed by atoms with E-state index in [-0.39, 0.29) is 12.2 Å². The molecule has 0 saturated carbocycles. The lowest BCUT2D eigenvalue weighted by atomic mass is 10.0. The van der Waals surface area contributed by atoms with Crippen molar-refractivity contribution in [1.82, 2.24) is 0 Å². The van der Waals surface area contributed by atoms with E-state index in [1.165, 1.54) is 18.2 Å². The van der Waals surface area contributed by atoms with Gasteiger partial charge in [0.25, 0.3) is 0 Å². The third-order valence-electron chi connectivity index (χ3n) is 2.84. The molecule has 0 aliphatic heterocycles. The van der Waals surface area contributed by atoms with E-state index < -0.39 is 11.8 Å². The summed E-state index contributed by atoms with van der Waals surface area (Å²) >= 11 is 0. The number of halogens is 1. The van der Waals surface area contributed by atoms with Crippen molar-refractivity contribution in [2.75, 3.05) is 0 Å². The second kappa shape index (κ2) is 5.52. The monoisotopic (exact) mass is 260 g/mol. The molecule has 0 atom stereocenters. The number of benzene rings is 2. The fourth-order valence-electron chi connectivity index (χ4n) is 1.84. The predicted octanol–water partition coefficient (Wildman–Crippen LogP) is 3.22. The standard InChI is InChI=1S/C15H13FO3/c16-14-9-10(2-8-15(18)19)1-7-13(14)11-3-5-12(17)6-4-11/h1,3-7,9,17H,2,8H2,(H,18,19). The SMILES string of the molecule is O=C(O)CCc1ccc(-c2ccc(O)cc2)c(F)c1. The molecule has 0 radical (unpaired) electrons. The lowest BCUT2D eigenvalue weighted by Gasteiger charge is -2.06. The van der Waals surface area contributed by atoms with Gasteiger partial charge in [-0.1, -0.05) is 24.3 Å². The number of aliphatic carboxylic acids is 1. The molecule has 0 unspecified atom stereocenters. The van der Waals surface area contributed by atoms with E-state index in [9.17, 15) is 14.3 Å². The highest BCUT2D eigenvalue weighted by Gasteiger charge is 2.07. The largest absolute Gasteiger partial charge is 0.508 e. The Bertz CT molecular complexity index is 591. The minimum atomic E-state index is -0.900. The first-order valence-electron chi connectivity index (χ1n) is 5.86. The summed E-state index contributed by atoms with van der Waals surface area (Å²) in [5.74, 6) is -1.17. The fraction of sp³-hybridized carbons (Fsp3) is 0.133. The quantitative estimate of drug-likeness (QED) is 0.887. The van der Waals surface area contributed by atoms with Gasteiger partial charge in [-0.25, -0.2) is 4.39 Å². The zero-order chi connectivity index (χ0) is 13.8. The normalized spacial score (nSPS) is 10.4. The van der Waals surface area contributed by atoms with Gasteiger partial charge in [-0.3, -0.25) is 4.79 Å². The van der Waals surface area contributed by atoms with E-state index in [4.69, 9.17) is 5.11 Å². The molecule has 0 aliphatic rings. The summed E-state index contributed by atoms with van der Waals surface area (Å²) < 4.78 is 14.0. The Morgan fingerprint density at radius 2 is 1.79 bits per heavy atom. The molecule has 0 fully saturated rings. The first-order valence-corrected chi connectivity index (χ1v) is 5.86. The van der Waals surface area contributed by atoms with Gasteiger partial charge in [-0.2, -0.15) is 0 Å². The van der Waals surface area contributed by atoms with Crippen molar-refractivity contribution in [1.29, 1.82) is 0 Å². The van der Waals surface area contributed by atoms with Crippen LogP contribution in [0.4, 0.5) is 4.39 Å². The van der Waals surface area contributed by atoms with Crippen LogP contribution >= 0.6 is 0 Å². The van der Waals surface area contributed by atoms with Gasteiger partial charge >= 0.3 is 5.97 Å². The number of hydrogen-bond acceptors (Lipinski definition) is 2. The zero-order valence-corrected chi connectivity index (χ0v) is 10.1. The second-order valence-electron chi connectivity index (χ2n) is 4.25. The van der Waals surface area contributed by atoms with Gasteiger partial charge in [0.1, 0.15) is 11.6 Å². The topological polar surface area (TPSA) is 57.5 Å². The Labute approximate surface area is 109 Å². The molecular weight excluding hydrogens is 247 g/mol. The number of carbonyl (C=O) groups is 1. The average Bonchev–Trinajstić information content (AvgIpc) is 2.38. The maximum Gasteiger partial charge on any atom is 0.303 e. The summed E-state index contributed by atoms with van der Waals surface area (Å²) in [6, 6.07) is 10.9. The number of rotatable bonds is 4. The van der Waals surface area contributed by atoms with Crippen molar-refractivity contribution < 1.29 is 19.4 Å². The van der Waals surface area contributed by atoms with E-state index in [1.54, 1.807) is 24.3 Å². The van der Waals surface area contributed by atoms with Gasteiger partial charge < -0.3 is 10.2 Å². The van der Waals surface area contributed by atoms with Gasteiger partial charge in [0.05, 0.1) is 0 Å². The van der Waals surface area contributed by atoms with Crippen LogP contribution in [-0.2, 0) is 11.2 Å². The van der Waals surface area contributed by atoms with Gasteiger partial charge in [-0.05, 0) is 35.7 Å². The van der Waals surface area contributed by atoms with Crippen LogP contribution in [-0.4, -0.2) is 16.2 Å². The van der Waals surface area contributed by atoms with Crippen molar-refractivity contribution >= 4 is 5.97 Å². The molecule has 0 heterocycles. The van der Waals surface area contributed by atoms with Crippen molar-refractivity contribution in [2.24, 2.45) is 0 Å². The van der Waals surface area contributed by atoms with Crippen LogP contribution in [0.5, 0.6) is 5.75 Å². The molecule has 0 saturated heterocycles. The molecular formula is C15H13FO3.